The maximum atomic E-state index is 12.4. The molecule has 5 rings (SSSR count). The first-order valence-electron chi connectivity index (χ1n) is 9.23. The van der Waals surface area contributed by atoms with Crippen LogP contribution in [-0.2, 0) is 11.2 Å². The maximum absolute atomic E-state index is 12.4. The molecule has 3 aromatic heterocycles. The van der Waals surface area contributed by atoms with E-state index in [4.69, 9.17) is 4.52 Å². The minimum absolute atomic E-state index is 0.0875. The molecule has 28 heavy (non-hydrogen) atoms. The van der Waals surface area contributed by atoms with Gasteiger partial charge in [0.2, 0.25) is 17.6 Å². The summed E-state index contributed by atoms with van der Waals surface area (Å²) in [5.41, 5.74) is 1.72. The van der Waals surface area contributed by atoms with E-state index in [1.54, 1.807) is 0 Å². The number of aryl methyl sites for hydroxylation is 1. The molecule has 1 amide bonds. The summed E-state index contributed by atoms with van der Waals surface area (Å²) < 4.78 is 7.26. The summed E-state index contributed by atoms with van der Waals surface area (Å²) in [6.07, 6.45) is 2.74. The Morgan fingerprint density at radius 3 is 2.75 bits per heavy atom. The quantitative estimate of drug-likeness (QED) is 0.533. The molecule has 1 aliphatic rings. The van der Waals surface area contributed by atoms with Gasteiger partial charge in [-0.15, -0.1) is 10.2 Å². The molecule has 1 fully saturated rings. The number of pyridine rings is 1. The third kappa shape index (κ3) is 3.02. The first kappa shape index (κ1) is 16.6. The van der Waals surface area contributed by atoms with E-state index in [2.05, 4.69) is 20.3 Å². The number of hydrogen-bond acceptors (Lipinski definition) is 6. The van der Waals surface area contributed by atoms with Crippen molar-refractivity contribution in [3.05, 3.63) is 66.4 Å². The highest BCUT2D eigenvalue weighted by molar-refractivity contribution is 5.77. The molecular formula is C20H18N6O2. The van der Waals surface area contributed by atoms with E-state index in [1.807, 2.05) is 64.0 Å². The topological polar surface area (TPSA) is 89.4 Å². The smallest absolute Gasteiger partial charge is 0.227 e. The normalized spacial score (nSPS) is 14.4. The second-order valence-electron chi connectivity index (χ2n) is 6.86. The second-order valence-corrected chi connectivity index (χ2v) is 6.86. The number of rotatable bonds is 5. The molecule has 0 bridgehead atoms. The van der Waals surface area contributed by atoms with Crippen LogP contribution in [0.1, 0.15) is 24.1 Å². The third-order valence-electron chi connectivity index (χ3n) is 4.99. The Balaban J connectivity index is 1.16. The molecule has 0 unspecified atom stereocenters. The number of amides is 1. The van der Waals surface area contributed by atoms with Crippen LogP contribution in [0.15, 0.2) is 59.3 Å². The summed E-state index contributed by atoms with van der Waals surface area (Å²) in [7, 11) is 0. The zero-order valence-corrected chi connectivity index (χ0v) is 15.1. The standard InChI is InChI=1S/C20H18N6O2/c27-18(10-9-17-21-19(24-28-17)14-6-2-1-3-7-14)25-12-15(13-25)20-23-22-16-8-4-5-11-26(16)20/h1-8,11,15H,9-10,12-13H2. The van der Waals surface area contributed by atoms with Gasteiger partial charge < -0.3 is 9.42 Å². The molecule has 0 saturated carbocycles. The van der Waals surface area contributed by atoms with Crippen LogP contribution < -0.4 is 0 Å². The average Bonchev–Trinajstić information content (AvgIpc) is 3.34. The highest BCUT2D eigenvalue weighted by atomic mass is 16.5. The monoisotopic (exact) mass is 374 g/mol. The molecule has 0 spiro atoms. The molecule has 1 saturated heterocycles. The Hall–Kier alpha value is -3.55. The Bertz CT molecular complexity index is 1110. The SMILES string of the molecule is O=C(CCc1nc(-c2ccccc2)no1)N1CC(c2nnc3ccccn23)C1. The van der Waals surface area contributed by atoms with Crippen molar-refractivity contribution in [2.24, 2.45) is 0 Å². The fourth-order valence-electron chi connectivity index (χ4n) is 3.42. The molecule has 1 aromatic carbocycles. The Morgan fingerprint density at radius 2 is 1.89 bits per heavy atom. The number of aromatic nitrogens is 5. The van der Waals surface area contributed by atoms with Crippen LogP contribution in [-0.4, -0.2) is 48.6 Å². The summed E-state index contributed by atoms with van der Waals surface area (Å²) in [4.78, 5) is 18.7. The van der Waals surface area contributed by atoms with Gasteiger partial charge in [0.25, 0.3) is 0 Å². The number of fused-ring (bicyclic) bond motifs is 1. The van der Waals surface area contributed by atoms with Gasteiger partial charge >= 0.3 is 0 Å². The van der Waals surface area contributed by atoms with Gasteiger partial charge in [0, 0.05) is 37.7 Å². The highest BCUT2D eigenvalue weighted by Gasteiger charge is 2.34. The second kappa shape index (κ2) is 6.88. The molecule has 4 aromatic rings. The van der Waals surface area contributed by atoms with Crippen molar-refractivity contribution in [2.45, 2.75) is 18.8 Å². The van der Waals surface area contributed by atoms with Crippen LogP contribution >= 0.6 is 0 Å². The first-order valence-corrected chi connectivity index (χ1v) is 9.23. The van der Waals surface area contributed by atoms with Crippen molar-refractivity contribution in [2.75, 3.05) is 13.1 Å². The predicted octanol–water partition coefficient (Wildman–Crippen LogP) is 2.34. The molecule has 0 aliphatic carbocycles. The molecule has 140 valence electrons. The zero-order chi connectivity index (χ0) is 18.9. The number of benzene rings is 1. The van der Waals surface area contributed by atoms with E-state index < -0.39 is 0 Å². The molecule has 0 atom stereocenters. The van der Waals surface area contributed by atoms with Crippen LogP contribution in [0.4, 0.5) is 0 Å². The summed E-state index contributed by atoms with van der Waals surface area (Å²) in [5, 5.41) is 12.4. The van der Waals surface area contributed by atoms with E-state index in [9.17, 15) is 4.79 Å². The minimum Gasteiger partial charge on any atom is -0.341 e. The lowest BCUT2D eigenvalue weighted by molar-refractivity contribution is -0.135. The molecule has 0 radical (unpaired) electrons. The van der Waals surface area contributed by atoms with Crippen LogP contribution in [0.25, 0.3) is 17.0 Å². The van der Waals surface area contributed by atoms with Crippen molar-refractivity contribution >= 4 is 11.6 Å². The fraction of sp³-hybridized carbons (Fsp3) is 0.250. The molecule has 8 nitrogen and oxygen atoms in total. The van der Waals surface area contributed by atoms with E-state index in [0.29, 0.717) is 37.6 Å². The molecule has 4 heterocycles. The summed E-state index contributed by atoms with van der Waals surface area (Å²) >= 11 is 0. The van der Waals surface area contributed by atoms with Gasteiger partial charge in [-0.2, -0.15) is 4.98 Å². The van der Waals surface area contributed by atoms with Gasteiger partial charge in [0.05, 0.1) is 5.92 Å². The van der Waals surface area contributed by atoms with E-state index in [0.717, 1.165) is 17.0 Å². The Labute approximate surface area is 160 Å². The Kier molecular flexibility index (Phi) is 4.08. The minimum atomic E-state index is 0.0875. The third-order valence-corrected chi connectivity index (χ3v) is 4.99. The molecular weight excluding hydrogens is 356 g/mol. The number of nitrogens with zero attached hydrogens (tertiary/aromatic N) is 6. The number of likely N-dealkylation sites (tertiary alicyclic amines) is 1. The van der Waals surface area contributed by atoms with E-state index in [-0.39, 0.29) is 11.8 Å². The lowest BCUT2D eigenvalue weighted by atomic mass is 9.98. The number of hydrogen-bond donors (Lipinski definition) is 0. The Morgan fingerprint density at radius 1 is 1.07 bits per heavy atom. The fourth-order valence-corrected chi connectivity index (χ4v) is 3.42. The molecule has 1 aliphatic heterocycles. The number of carbonyl (C=O) groups excluding carboxylic acids is 1. The predicted molar refractivity (Wildman–Crippen MR) is 100 cm³/mol. The summed E-state index contributed by atoms with van der Waals surface area (Å²) in [6.45, 7) is 1.32. The van der Waals surface area contributed by atoms with Gasteiger partial charge in [0.15, 0.2) is 5.65 Å². The zero-order valence-electron chi connectivity index (χ0n) is 15.1. The number of carbonyl (C=O) groups is 1. The highest BCUT2D eigenvalue weighted by Crippen LogP contribution is 2.27. The van der Waals surface area contributed by atoms with Gasteiger partial charge in [-0.05, 0) is 12.1 Å². The van der Waals surface area contributed by atoms with Crippen molar-refractivity contribution in [1.29, 1.82) is 0 Å². The largest absolute Gasteiger partial charge is 0.341 e. The van der Waals surface area contributed by atoms with Gasteiger partial charge in [-0.25, -0.2) is 0 Å². The van der Waals surface area contributed by atoms with Gasteiger partial charge in [-0.3, -0.25) is 9.20 Å². The average molecular weight is 374 g/mol. The molecule has 8 heteroatoms. The van der Waals surface area contributed by atoms with Crippen molar-refractivity contribution < 1.29 is 9.32 Å². The summed E-state index contributed by atoms with van der Waals surface area (Å²) in [5.74, 6) is 2.24. The van der Waals surface area contributed by atoms with E-state index in [1.165, 1.54) is 0 Å². The summed E-state index contributed by atoms with van der Waals surface area (Å²) in [6, 6.07) is 15.4. The molecule has 0 N–H and O–H groups in total. The van der Waals surface area contributed by atoms with Crippen LogP contribution in [0.5, 0.6) is 0 Å². The van der Waals surface area contributed by atoms with Crippen molar-refractivity contribution in [3.63, 3.8) is 0 Å². The van der Waals surface area contributed by atoms with E-state index >= 15 is 0 Å². The van der Waals surface area contributed by atoms with Crippen LogP contribution in [0, 0.1) is 0 Å². The van der Waals surface area contributed by atoms with Crippen molar-refractivity contribution in [1.82, 2.24) is 29.6 Å². The van der Waals surface area contributed by atoms with Gasteiger partial charge in [-0.1, -0.05) is 41.6 Å². The van der Waals surface area contributed by atoms with Crippen LogP contribution in [0.2, 0.25) is 0 Å². The lowest BCUT2D eigenvalue weighted by Crippen LogP contribution is -2.49. The van der Waals surface area contributed by atoms with Crippen LogP contribution in [0.3, 0.4) is 0 Å². The van der Waals surface area contributed by atoms with Gasteiger partial charge in [0.1, 0.15) is 5.82 Å². The van der Waals surface area contributed by atoms with Crippen molar-refractivity contribution in [3.8, 4) is 11.4 Å². The maximum Gasteiger partial charge on any atom is 0.227 e. The first-order chi connectivity index (χ1) is 13.8. The lowest BCUT2D eigenvalue weighted by Gasteiger charge is -2.38.